The second-order valence-corrected chi connectivity index (χ2v) is 8.94. The molecule has 3 aromatic heterocycles. The van der Waals surface area contributed by atoms with Gasteiger partial charge < -0.3 is 14.2 Å². The highest BCUT2D eigenvalue weighted by atomic mass is 16.5. The Bertz CT molecular complexity index is 1380. The molecule has 0 unspecified atom stereocenters. The van der Waals surface area contributed by atoms with Crippen LogP contribution in [0.15, 0.2) is 48.7 Å². The van der Waals surface area contributed by atoms with Gasteiger partial charge in [0.15, 0.2) is 0 Å². The molecular formula is C26H28N6O2. The third kappa shape index (κ3) is 3.28. The van der Waals surface area contributed by atoms with Gasteiger partial charge >= 0.3 is 0 Å². The van der Waals surface area contributed by atoms with Gasteiger partial charge in [0, 0.05) is 55.9 Å². The Morgan fingerprint density at radius 2 is 1.85 bits per heavy atom. The summed E-state index contributed by atoms with van der Waals surface area (Å²) in [6.07, 6.45) is 2.70. The number of rotatable bonds is 3. The Morgan fingerprint density at radius 3 is 2.68 bits per heavy atom. The van der Waals surface area contributed by atoms with Gasteiger partial charge in [-0.25, -0.2) is 9.67 Å². The number of ether oxygens (including phenoxy) is 1. The predicted molar refractivity (Wildman–Crippen MR) is 132 cm³/mol. The van der Waals surface area contributed by atoms with Gasteiger partial charge in [0.1, 0.15) is 17.3 Å². The van der Waals surface area contributed by atoms with Gasteiger partial charge in [-0.05, 0) is 37.6 Å². The van der Waals surface area contributed by atoms with Crippen LogP contribution in [0.4, 0.5) is 11.6 Å². The van der Waals surface area contributed by atoms with E-state index < -0.39 is 0 Å². The van der Waals surface area contributed by atoms with Crippen LogP contribution in [0.5, 0.6) is 0 Å². The lowest BCUT2D eigenvalue weighted by Gasteiger charge is -2.31. The molecule has 0 saturated carbocycles. The number of fused-ring (bicyclic) bond motifs is 2. The fourth-order valence-electron chi connectivity index (χ4n) is 5.25. The predicted octanol–water partition coefficient (Wildman–Crippen LogP) is 3.63. The molecule has 0 spiro atoms. The standard InChI is InChI=1S/C26H28N6O2/c1-18-23(20-8-5-10-27-24(20)30-13-15-34-16-14-30)25-31(11-6-12-32(25)28-18)26(33)22-17-19-7-3-4-9-21(19)29(22)2/h3-5,7-10,17H,6,11-16H2,1-2H3. The first-order valence-corrected chi connectivity index (χ1v) is 11.9. The molecule has 1 fully saturated rings. The van der Waals surface area contributed by atoms with Gasteiger partial charge in [-0.15, -0.1) is 0 Å². The minimum atomic E-state index is -0.00221. The van der Waals surface area contributed by atoms with E-state index in [-0.39, 0.29) is 5.91 Å². The average molecular weight is 457 g/mol. The van der Waals surface area contributed by atoms with Crippen LogP contribution in [0.3, 0.4) is 0 Å². The van der Waals surface area contributed by atoms with E-state index in [0.717, 1.165) is 65.4 Å². The maximum absolute atomic E-state index is 14.0. The summed E-state index contributed by atoms with van der Waals surface area (Å²) in [6, 6.07) is 14.1. The van der Waals surface area contributed by atoms with Crippen molar-refractivity contribution in [1.29, 1.82) is 0 Å². The first kappa shape index (κ1) is 20.9. The molecule has 0 aliphatic carbocycles. The van der Waals surface area contributed by atoms with Crippen molar-refractivity contribution in [3.8, 4) is 11.1 Å². The monoisotopic (exact) mass is 456 g/mol. The summed E-state index contributed by atoms with van der Waals surface area (Å²) in [5.41, 5.74) is 4.64. The number of para-hydroxylation sites is 1. The van der Waals surface area contributed by atoms with Crippen molar-refractivity contribution >= 4 is 28.4 Å². The number of aryl methyl sites for hydroxylation is 3. The zero-order chi connectivity index (χ0) is 23.2. The minimum absolute atomic E-state index is 0.00221. The quantitative estimate of drug-likeness (QED) is 0.471. The Labute approximate surface area is 198 Å². The van der Waals surface area contributed by atoms with E-state index in [2.05, 4.69) is 11.0 Å². The molecule has 174 valence electrons. The Hall–Kier alpha value is -3.65. The molecule has 4 aromatic rings. The SMILES string of the molecule is Cc1nn2c(c1-c1cccnc1N1CCOCC1)N(C(=O)c1cc3ccccc3n1C)CCC2. The largest absolute Gasteiger partial charge is 0.378 e. The van der Waals surface area contributed by atoms with Crippen LogP contribution in [0, 0.1) is 6.92 Å². The summed E-state index contributed by atoms with van der Waals surface area (Å²) in [4.78, 5) is 22.9. The lowest BCUT2D eigenvalue weighted by Crippen LogP contribution is -2.39. The highest BCUT2D eigenvalue weighted by molar-refractivity contribution is 6.09. The highest BCUT2D eigenvalue weighted by Gasteiger charge is 2.33. The Balaban J connectivity index is 1.47. The van der Waals surface area contributed by atoms with Crippen molar-refractivity contribution in [3.63, 3.8) is 0 Å². The summed E-state index contributed by atoms with van der Waals surface area (Å²) in [6.45, 7) is 6.44. The number of morpholine rings is 1. The topological polar surface area (TPSA) is 68.4 Å². The number of hydrogen-bond acceptors (Lipinski definition) is 5. The number of aromatic nitrogens is 4. The molecule has 2 aliphatic rings. The maximum Gasteiger partial charge on any atom is 0.276 e. The van der Waals surface area contributed by atoms with E-state index in [1.165, 1.54) is 0 Å². The fraction of sp³-hybridized carbons (Fsp3) is 0.346. The van der Waals surface area contributed by atoms with Gasteiger partial charge in [0.2, 0.25) is 0 Å². The number of amides is 1. The molecule has 0 bridgehead atoms. The van der Waals surface area contributed by atoms with E-state index in [9.17, 15) is 4.79 Å². The number of pyridine rings is 1. The van der Waals surface area contributed by atoms with Crippen LogP contribution < -0.4 is 9.80 Å². The van der Waals surface area contributed by atoms with Crippen LogP contribution in [0.25, 0.3) is 22.0 Å². The van der Waals surface area contributed by atoms with Crippen molar-refractivity contribution in [1.82, 2.24) is 19.3 Å². The van der Waals surface area contributed by atoms with Crippen molar-refractivity contribution in [2.75, 3.05) is 42.6 Å². The van der Waals surface area contributed by atoms with Crippen LogP contribution in [0.1, 0.15) is 22.6 Å². The summed E-state index contributed by atoms with van der Waals surface area (Å²) < 4.78 is 9.54. The molecule has 1 saturated heterocycles. The molecule has 8 heteroatoms. The molecular weight excluding hydrogens is 428 g/mol. The van der Waals surface area contributed by atoms with Crippen LogP contribution >= 0.6 is 0 Å². The zero-order valence-corrected chi connectivity index (χ0v) is 19.6. The second kappa shape index (κ2) is 8.29. The number of hydrogen-bond donors (Lipinski definition) is 0. The van der Waals surface area contributed by atoms with Crippen molar-refractivity contribution in [2.45, 2.75) is 19.9 Å². The van der Waals surface area contributed by atoms with E-state index in [1.54, 1.807) is 0 Å². The van der Waals surface area contributed by atoms with Crippen molar-refractivity contribution in [3.05, 3.63) is 60.0 Å². The van der Waals surface area contributed by atoms with Crippen LogP contribution in [-0.4, -0.2) is 58.1 Å². The van der Waals surface area contributed by atoms with E-state index in [1.807, 2.05) is 70.7 Å². The Morgan fingerprint density at radius 1 is 1.03 bits per heavy atom. The molecule has 1 amide bonds. The molecule has 1 aromatic carbocycles. The van der Waals surface area contributed by atoms with Crippen molar-refractivity contribution < 1.29 is 9.53 Å². The highest BCUT2D eigenvalue weighted by Crippen LogP contribution is 2.41. The van der Waals surface area contributed by atoms with Crippen molar-refractivity contribution in [2.24, 2.45) is 7.05 Å². The number of carbonyl (C=O) groups excluding carboxylic acids is 1. The van der Waals surface area contributed by atoms with Gasteiger partial charge in [-0.2, -0.15) is 5.10 Å². The summed E-state index contributed by atoms with van der Waals surface area (Å²) in [5, 5.41) is 5.92. The first-order chi connectivity index (χ1) is 16.6. The number of anilines is 2. The maximum atomic E-state index is 14.0. The van der Waals surface area contributed by atoms with E-state index >= 15 is 0 Å². The third-order valence-electron chi connectivity index (χ3n) is 6.89. The van der Waals surface area contributed by atoms with E-state index in [4.69, 9.17) is 14.8 Å². The summed E-state index contributed by atoms with van der Waals surface area (Å²) in [7, 11) is 1.96. The normalized spacial score (nSPS) is 16.2. The lowest BCUT2D eigenvalue weighted by atomic mass is 10.0. The van der Waals surface area contributed by atoms with Gasteiger partial charge in [0.25, 0.3) is 5.91 Å². The Kier molecular flexibility index (Phi) is 5.10. The smallest absolute Gasteiger partial charge is 0.276 e. The molecule has 6 rings (SSSR count). The van der Waals surface area contributed by atoms with E-state index in [0.29, 0.717) is 25.5 Å². The fourth-order valence-corrected chi connectivity index (χ4v) is 5.25. The van der Waals surface area contributed by atoms with Gasteiger partial charge in [-0.3, -0.25) is 9.69 Å². The second-order valence-electron chi connectivity index (χ2n) is 8.94. The molecule has 2 aliphatic heterocycles. The molecule has 5 heterocycles. The minimum Gasteiger partial charge on any atom is -0.378 e. The van der Waals surface area contributed by atoms with Gasteiger partial charge in [-0.1, -0.05) is 18.2 Å². The average Bonchev–Trinajstić information content (AvgIpc) is 3.40. The van der Waals surface area contributed by atoms with Crippen LogP contribution in [0.2, 0.25) is 0 Å². The first-order valence-electron chi connectivity index (χ1n) is 11.9. The molecule has 8 nitrogen and oxygen atoms in total. The summed E-state index contributed by atoms with van der Waals surface area (Å²) >= 11 is 0. The lowest BCUT2D eigenvalue weighted by molar-refractivity contribution is 0.0974. The summed E-state index contributed by atoms with van der Waals surface area (Å²) in [5.74, 6) is 1.78. The molecule has 0 radical (unpaired) electrons. The number of carbonyl (C=O) groups is 1. The molecule has 0 N–H and O–H groups in total. The van der Waals surface area contributed by atoms with Gasteiger partial charge in [0.05, 0.1) is 24.5 Å². The number of benzene rings is 1. The molecule has 34 heavy (non-hydrogen) atoms. The third-order valence-corrected chi connectivity index (χ3v) is 6.89. The zero-order valence-electron chi connectivity index (χ0n) is 19.6. The number of nitrogens with zero attached hydrogens (tertiary/aromatic N) is 6. The van der Waals surface area contributed by atoms with Crippen LogP contribution in [-0.2, 0) is 18.3 Å². The molecule has 0 atom stereocenters.